The van der Waals surface area contributed by atoms with Crippen molar-refractivity contribution in [1.29, 1.82) is 0 Å². The Morgan fingerprint density at radius 2 is 2.23 bits per heavy atom. The van der Waals surface area contributed by atoms with Crippen molar-refractivity contribution in [2.75, 3.05) is 6.54 Å². The number of carbonyl (C=O) groups excluding carboxylic acids is 2. The van der Waals surface area contributed by atoms with Gasteiger partial charge in [0.1, 0.15) is 11.8 Å². The molecule has 1 aliphatic heterocycles. The van der Waals surface area contributed by atoms with Crippen LogP contribution >= 0.6 is 11.6 Å². The number of rotatable bonds is 5. The van der Waals surface area contributed by atoms with Gasteiger partial charge < -0.3 is 19.8 Å². The number of halogens is 1. The summed E-state index contributed by atoms with van der Waals surface area (Å²) in [7, 11) is 0. The lowest BCUT2D eigenvalue weighted by atomic mass is 10.1. The number of hydrogen-bond donors (Lipinski definition) is 2. The quantitative estimate of drug-likeness (QED) is 0.822. The fourth-order valence-corrected chi connectivity index (χ4v) is 3.26. The van der Waals surface area contributed by atoms with Gasteiger partial charge in [0.15, 0.2) is 0 Å². The lowest BCUT2D eigenvalue weighted by Gasteiger charge is -2.23. The lowest BCUT2D eigenvalue weighted by Crippen LogP contribution is -2.46. The molecule has 1 fully saturated rings. The molecular weight excluding hydrogens is 358 g/mol. The molecule has 26 heavy (non-hydrogen) atoms. The van der Waals surface area contributed by atoms with E-state index < -0.39 is 12.1 Å². The molecule has 8 heteroatoms. The molecule has 1 aliphatic rings. The van der Waals surface area contributed by atoms with Crippen LogP contribution in [0, 0.1) is 6.92 Å². The summed E-state index contributed by atoms with van der Waals surface area (Å²) < 4.78 is 5.06. The van der Waals surface area contributed by atoms with E-state index >= 15 is 0 Å². The summed E-state index contributed by atoms with van der Waals surface area (Å²) in [5.74, 6) is -0.142. The maximum absolute atomic E-state index is 12.5. The van der Waals surface area contributed by atoms with Crippen LogP contribution in [0.15, 0.2) is 34.9 Å². The summed E-state index contributed by atoms with van der Waals surface area (Å²) in [6.07, 6.45) is -0.508. The fraction of sp³-hybridized carbons (Fsp3) is 0.389. The van der Waals surface area contributed by atoms with Gasteiger partial charge in [-0.1, -0.05) is 28.9 Å². The third kappa shape index (κ3) is 4.42. The molecule has 2 amide bonds. The van der Waals surface area contributed by atoms with Crippen LogP contribution in [0.2, 0.25) is 5.02 Å². The van der Waals surface area contributed by atoms with E-state index in [2.05, 4.69) is 10.5 Å². The number of aromatic nitrogens is 1. The van der Waals surface area contributed by atoms with Crippen molar-refractivity contribution in [3.8, 4) is 0 Å². The Bertz CT molecular complexity index is 807. The van der Waals surface area contributed by atoms with Crippen molar-refractivity contribution >= 4 is 23.4 Å². The highest BCUT2D eigenvalue weighted by Crippen LogP contribution is 2.20. The molecule has 0 saturated carbocycles. The average Bonchev–Trinajstić information content (AvgIpc) is 3.18. The first-order chi connectivity index (χ1) is 12.4. The summed E-state index contributed by atoms with van der Waals surface area (Å²) >= 11 is 5.94. The molecule has 1 aromatic carbocycles. The molecule has 1 saturated heterocycles. The Hall–Kier alpha value is -2.38. The van der Waals surface area contributed by atoms with Crippen molar-refractivity contribution in [3.63, 3.8) is 0 Å². The summed E-state index contributed by atoms with van der Waals surface area (Å²) in [5, 5.41) is 17.1. The Morgan fingerprint density at radius 3 is 2.92 bits per heavy atom. The number of hydrogen-bond acceptors (Lipinski definition) is 5. The number of benzene rings is 1. The highest BCUT2D eigenvalue weighted by molar-refractivity contribution is 6.30. The van der Waals surface area contributed by atoms with Crippen molar-refractivity contribution in [2.24, 2.45) is 0 Å². The molecule has 0 bridgehead atoms. The zero-order valence-corrected chi connectivity index (χ0v) is 15.1. The van der Waals surface area contributed by atoms with Crippen LogP contribution in [0.4, 0.5) is 0 Å². The van der Waals surface area contributed by atoms with E-state index in [1.165, 1.54) is 4.90 Å². The van der Waals surface area contributed by atoms with Gasteiger partial charge in [0.05, 0.1) is 18.2 Å². The molecule has 0 spiro atoms. The largest absolute Gasteiger partial charge is 0.391 e. The van der Waals surface area contributed by atoms with E-state index in [-0.39, 0.29) is 31.2 Å². The normalized spacial score (nSPS) is 19.6. The second kappa shape index (κ2) is 7.88. The number of aliphatic hydroxyl groups is 1. The molecule has 1 aromatic heterocycles. The molecule has 0 unspecified atom stereocenters. The molecule has 2 aromatic rings. The van der Waals surface area contributed by atoms with Gasteiger partial charge in [-0.3, -0.25) is 9.59 Å². The number of amides is 2. The minimum Gasteiger partial charge on any atom is -0.391 e. The Kier molecular flexibility index (Phi) is 5.58. The van der Waals surface area contributed by atoms with Gasteiger partial charge in [-0.05, 0) is 24.6 Å². The van der Waals surface area contributed by atoms with Crippen LogP contribution in [0.25, 0.3) is 0 Å². The van der Waals surface area contributed by atoms with Gasteiger partial charge in [-0.25, -0.2) is 0 Å². The van der Waals surface area contributed by atoms with Gasteiger partial charge in [-0.2, -0.15) is 0 Å². The number of aryl methyl sites for hydroxylation is 1. The van der Waals surface area contributed by atoms with E-state index in [0.29, 0.717) is 23.0 Å². The van der Waals surface area contributed by atoms with Crippen molar-refractivity contribution in [1.82, 2.24) is 15.4 Å². The lowest BCUT2D eigenvalue weighted by molar-refractivity contribution is -0.138. The summed E-state index contributed by atoms with van der Waals surface area (Å²) in [6, 6.07) is 8.15. The van der Waals surface area contributed by atoms with E-state index in [4.69, 9.17) is 16.1 Å². The molecule has 138 valence electrons. The SMILES string of the molecule is Cc1cc(CC(=O)N2C[C@H](O)C[C@H]2C(=O)NCc2cccc(Cl)c2)on1. The minimum atomic E-state index is -0.725. The molecule has 0 radical (unpaired) electrons. The van der Waals surface area contributed by atoms with Crippen molar-refractivity contribution in [2.45, 2.75) is 38.5 Å². The van der Waals surface area contributed by atoms with Gasteiger partial charge in [0, 0.05) is 30.6 Å². The first kappa shape index (κ1) is 18.4. The number of nitrogens with zero attached hydrogens (tertiary/aromatic N) is 2. The second-order valence-electron chi connectivity index (χ2n) is 6.41. The molecule has 7 nitrogen and oxygen atoms in total. The maximum atomic E-state index is 12.5. The summed E-state index contributed by atoms with van der Waals surface area (Å²) in [5.41, 5.74) is 1.55. The van der Waals surface area contributed by atoms with Gasteiger partial charge in [0.25, 0.3) is 0 Å². The Labute approximate surface area is 155 Å². The van der Waals surface area contributed by atoms with E-state index in [9.17, 15) is 14.7 Å². The first-order valence-corrected chi connectivity index (χ1v) is 8.72. The minimum absolute atomic E-state index is 0.00559. The Balaban J connectivity index is 1.62. The van der Waals surface area contributed by atoms with Crippen molar-refractivity contribution < 1.29 is 19.2 Å². The second-order valence-corrected chi connectivity index (χ2v) is 6.85. The van der Waals surface area contributed by atoms with Gasteiger partial charge >= 0.3 is 0 Å². The van der Waals surface area contributed by atoms with Crippen LogP contribution in [-0.4, -0.2) is 45.7 Å². The van der Waals surface area contributed by atoms with Crippen LogP contribution in [0.1, 0.15) is 23.4 Å². The van der Waals surface area contributed by atoms with Gasteiger partial charge in [-0.15, -0.1) is 0 Å². The average molecular weight is 378 g/mol. The van der Waals surface area contributed by atoms with E-state index in [1.807, 2.05) is 6.07 Å². The molecule has 0 aliphatic carbocycles. The zero-order valence-electron chi connectivity index (χ0n) is 14.3. The molecule has 2 heterocycles. The fourth-order valence-electron chi connectivity index (χ4n) is 3.04. The molecule has 3 rings (SSSR count). The number of β-amino-alcohol motifs (C(OH)–C–C–N with tert-alkyl or cyclic N) is 1. The highest BCUT2D eigenvalue weighted by atomic mass is 35.5. The summed E-state index contributed by atoms with van der Waals surface area (Å²) in [6.45, 7) is 2.19. The predicted molar refractivity (Wildman–Crippen MR) is 94.4 cm³/mol. The molecule has 2 atom stereocenters. The summed E-state index contributed by atoms with van der Waals surface area (Å²) in [4.78, 5) is 26.5. The first-order valence-electron chi connectivity index (χ1n) is 8.34. The van der Waals surface area contributed by atoms with Crippen molar-refractivity contribution in [3.05, 3.63) is 52.4 Å². The number of likely N-dealkylation sites (tertiary alicyclic amines) is 1. The van der Waals surface area contributed by atoms with E-state index in [0.717, 1.165) is 5.56 Å². The smallest absolute Gasteiger partial charge is 0.243 e. The third-order valence-electron chi connectivity index (χ3n) is 4.26. The highest BCUT2D eigenvalue weighted by Gasteiger charge is 2.38. The van der Waals surface area contributed by atoms with E-state index in [1.54, 1.807) is 31.2 Å². The number of nitrogens with one attached hydrogen (secondary N) is 1. The standard InChI is InChI=1S/C18H20ClN3O4/c1-11-5-15(26-21-11)8-17(24)22-10-14(23)7-16(22)18(25)20-9-12-3-2-4-13(19)6-12/h2-6,14,16,23H,7-10H2,1H3,(H,20,25)/t14-,16+/m1/s1. The van der Waals surface area contributed by atoms with Crippen LogP contribution in [0.5, 0.6) is 0 Å². The van der Waals surface area contributed by atoms with Crippen LogP contribution in [-0.2, 0) is 22.6 Å². The number of aliphatic hydroxyl groups excluding tert-OH is 1. The van der Waals surface area contributed by atoms with Crippen LogP contribution < -0.4 is 5.32 Å². The molecular formula is C18H20ClN3O4. The Morgan fingerprint density at radius 1 is 1.42 bits per heavy atom. The monoisotopic (exact) mass is 377 g/mol. The third-order valence-corrected chi connectivity index (χ3v) is 4.50. The topological polar surface area (TPSA) is 95.7 Å². The molecule has 2 N–H and O–H groups in total. The zero-order chi connectivity index (χ0) is 18.7. The maximum Gasteiger partial charge on any atom is 0.243 e. The van der Waals surface area contributed by atoms with Crippen LogP contribution in [0.3, 0.4) is 0 Å². The number of carbonyl (C=O) groups is 2. The van der Waals surface area contributed by atoms with Gasteiger partial charge in [0.2, 0.25) is 11.8 Å². The predicted octanol–water partition coefficient (Wildman–Crippen LogP) is 1.46.